The average molecular weight is 346 g/mol. The molecular formula is C24H29N2+. The molecule has 0 radical (unpaired) electrons. The number of rotatable bonds is 3. The minimum atomic E-state index is 0.614. The lowest BCUT2D eigenvalue weighted by atomic mass is 9.94. The van der Waals surface area contributed by atoms with Crippen molar-refractivity contribution in [2.24, 2.45) is 0 Å². The summed E-state index contributed by atoms with van der Waals surface area (Å²) in [4.78, 5) is 0. The van der Waals surface area contributed by atoms with Gasteiger partial charge in [-0.2, -0.15) is 4.57 Å². The summed E-state index contributed by atoms with van der Waals surface area (Å²) in [6, 6.07) is 20.3. The van der Waals surface area contributed by atoms with Crippen molar-refractivity contribution in [2.45, 2.75) is 58.9 Å². The van der Waals surface area contributed by atoms with E-state index in [1.54, 1.807) is 0 Å². The van der Waals surface area contributed by atoms with Crippen LogP contribution in [-0.4, -0.2) is 4.57 Å². The molecule has 2 aromatic carbocycles. The maximum absolute atomic E-state index is 2.64. The number of aromatic nitrogens is 2. The van der Waals surface area contributed by atoms with Crippen LogP contribution in [0.4, 0.5) is 0 Å². The summed E-state index contributed by atoms with van der Waals surface area (Å²) >= 11 is 0. The predicted molar refractivity (Wildman–Crippen MR) is 108 cm³/mol. The Kier molecular flexibility index (Phi) is 4.67. The van der Waals surface area contributed by atoms with Crippen LogP contribution in [0, 0.1) is 20.8 Å². The molecular weight excluding hydrogens is 316 g/mol. The van der Waals surface area contributed by atoms with Crippen LogP contribution in [0.3, 0.4) is 0 Å². The van der Waals surface area contributed by atoms with E-state index in [0.29, 0.717) is 6.04 Å². The van der Waals surface area contributed by atoms with Crippen LogP contribution >= 0.6 is 0 Å². The fraction of sp³-hybridized carbons (Fsp3) is 0.375. The first-order chi connectivity index (χ1) is 12.7. The summed E-state index contributed by atoms with van der Waals surface area (Å²) in [5.74, 6) is 1.35. The molecule has 2 nitrogen and oxygen atoms in total. The van der Waals surface area contributed by atoms with Crippen LogP contribution in [0.5, 0.6) is 0 Å². The van der Waals surface area contributed by atoms with Crippen molar-refractivity contribution >= 4 is 0 Å². The Morgan fingerprint density at radius 3 is 2.15 bits per heavy atom. The molecule has 0 amide bonds. The van der Waals surface area contributed by atoms with Gasteiger partial charge in [-0.3, -0.25) is 0 Å². The van der Waals surface area contributed by atoms with Gasteiger partial charge in [0.15, 0.2) is 11.4 Å². The zero-order valence-corrected chi connectivity index (χ0v) is 16.2. The molecule has 0 saturated heterocycles. The van der Waals surface area contributed by atoms with Crippen molar-refractivity contribution in [3.8, 4) is 16.9 Å². The van der Waals surface area contributed by atoms with Gasteiger partial charge in [0.05, 0.1) is 0 Å². The minimum absolute atomic E-state index is 0.614. The number of imidazole rings is 1. The van der Waals surface area contributed by atoms with Crippen molar-refractivity contribution in [1.82, 2.24) is 4.57 Å². The molecule has 1 fully saturated rings. The molecule has 3 aromatic rings. The van der Waals surface area contributed by atoms with Crippen LogP contribution in [0.1, 0.15) is 55.2 Å². The Labute approximate surface area is 157 Å². The first-order valence-corrected chi connectivity index (χ1v) is 9.93. The largest absolute Gasteiger partial charge is 0.259 e. The molecule has 2 heteroatoms. The molecule has 0 N–H and O–H groups in total. The van der Waals surface area contributed by atoms with Gasteiger partial charge < -0.3 is 0 Å². The number of nitrogens with zero attached hydrogens (tertiary/aromatic N) is 2. The fourth-order valence-electron chi connectivity index (χ4n) is 4.69. The summed E-state index contributed by atoms with van der Waals surface area (Å²) in [6.07, 6.45) is 6.67. The third-order valence-corrected chi connectivity index (χ3v) is 5.93. The zero-order valence-electron chi connectivity index (χ0n) is 16.2. The summed E-state index contributed by atoms with van der Waals surface area (Å²) in [7, 11) is 0. The molecule has 1 aromatic heterocycles. The molecule has 1 aliphatic carbocycles. The standard InChI is InChI=1S/C24H29N2/c1-18-12-10-11-17-23(18)25-19(2)24(21-13-6-4-7-14-21)26(20(25)3)22-15-8-5-9-16-22/h4,6-7,10-14,17,22H,5,8-9,15-16H2,1-3H3/q+1. The molecule has 0 spiro atoms. The highest BCUT2D eigenvalue weighted by atomic mass is 15.2. The maximum Gasteiger partial charge on any atom is 0.259 e. The third-order valence-electron chi connectivity index (χ3n) is 5.93. The van der Waals surface area contributed by atoms with Crippen molar-refractivity contribution in [2.75, 3.05) is 0 Å². The van der Waals surface area contributed by atoms with Gasteiger partial charge in [-0.15, -0.1) is 0 Å². The molecule has 1 heterocycles. The van der Waals surface area contributed by atoms with Crippen molar-refractivity contribution in [3.05, 3.63) is 71.7 Å². The van der Waals surface area contributed by atoms with Crippen LogP contribution < -0.4 is 4.57 Å². The molecule has 0 aliphatic heterocycles. The molecule has 1 aliphatic rings. The number of aryl methyl sites for hydroxylation is 1. The second-order valence-electron chi connectivity index (χ2n) is 7.63. The van der Waals surface area contributed by atoms with E-state index >= 15 is 0 Å². The zero-order chi connectivity index (χ0) is 18.1. The lowest BCUT2D eigenvalue weighted by Gasteiger charge is -2.21. The van der Waals surface area contributed by atoms with Gasteiger partial charge >= 0.3 is 0 Å². The lowest BCUT2D eigenvalue weighted by Crippen LogP contribution is -2.44. The summed E-state index contributed by atoms with van der Waals surface area (Å²) in [5.41, 5.74) is 6.68. The van der Waals surface area contributed by atoms with Crippen molar-refractivity contribution in [1.29, 1.82) is 0 Å². The van der Waals surface area contributed by atoms with E-state index < -0.39 is 0 Å². The van der Waals surface area contributed by atoms with E-state index in [0.717, 1.165) is 0 Å². The Bertz CT molecular complexity index is 899. The molecule has 1 saturated carbocycles. The smallest absolute Gasteiger partial charge is 0.224 e. The molecule has 26 heavy (non-hydrogen) atoms. The molecule has 0 unspecified atom stereocenters. The quantitative estimate of drug-likeness (QED) is 0.526. The molecule has 134 valence electrons. The molecule has 4 rings (SSSR count). The van der Waals surface area contributed by atoms with Gasteiger partial charge in [0, 0.05) is 19.4 Å². The Balaban J connectivity index is 1.97. The van der Waals surface area contributed by atoms with E-state index in [1.807, 2.05) is 0 Å². The normalized spacial score (nSPS) is 15.3. The van der Waals surface area contributed by atoms with Gasteiger partial charge in [-0.05, 0) is 44.2 Å². The fourth-order valence-corrected chi connectivity index (χ4v) is 4.69. The third kappa shape index (κ3) is 2.88. The lowest BCUT2D eigenvalue weighted by molar-refractivity contribution is -0.720. The number of benzene rings is 2. The van der Waals surface area contributed by atoms with Crippen molar-refractivity contribution < 1.29 is 4.57 Å². The summed E-state index contributed by atoms with van der Waals surface area (Å²) < 4.78 is 5.10. The number of hydrogen-bond acceptors (Lipinski definition) is 0. The second-order valence-corrected chi connectivity index (χ2v) is 7.63. The van der Waals surface area contributed by atoms with Gasteiger partial charge in [-0.1, -0.05) is 55.0 Å². The van der Waals surface area contributed by atoms with Gasteiger partial charge in [-0.25, -0.2) is 4.57 Å². The van der Waals surface area contributed by atoms with E-state index in [9.17, 15) is 0 Å². The Morgan fingerprint density at radius 2 is 1.46 bits per heavy atom. The monoisotopic (exact) mass is 345 g/mol. The highest BCUT2D eigenvalue weighted by Gasteiger charge is 2.33. The minimum Gasteiger partial charge on any atom is -0.224 e. The Hall–Kier alpha value is -2.35. The van der Waals surface area contributed by atoms with Crippen LogP contribution in [0.2, 0.25) is 0 Å². The Morgan fingerprint density at radius 1 is 0.808 bits per heavy atom. The van der Waals surface area contributed by atoms with Crippen molar-refractivity contribution in [3.63, 3.8) is 0 Å². The topological polar surface area (TPSA) is 8.81 Å². The van der Waals surface area contributed by atoms with Gasteiger partial charge in [0.25, 0.3) is 5.82 Å². The van der Waals surface area contributed by atoms with E-state index in [2.05, 4.69) is 84.5 Å². The van der Waals surface area contributed by atoms with Gasteiger partial charge in [0.1, 0.15) is 11.7 Å². The van der Waals surface area contributed by atoms with E-state index in [1.165, 1.54) is 66.1 Å². The molecule has 0 atom stereocenters. The van der Waals surface area contributed by atoms with Crippen LogP contribution in [0.15, 0.2) is 54.6 Å². The highest BCUT2D eigenvalue weighted by molar-refractivity contribution is 5.60. The number of para-hydroxylation sites is 1. The molecule has 0 bridgehead atoms. The highest BCUT2D eigenvalue weighted by Crippen LogP contribution is 2.32. The average Bonchev–Trinajstić information content (AvgIpc) is 2.94. The maximum atomic E-state index is 2.64. The predicted octanol–water partition coefficient (Wildman–Crippen LogP) is 5.86. The second kappa shape index (κ2) is 7.11. The summed E-state index contributed by atoms with van der Waals surface area (Å²) in [6.45, 7) is 6.78. The summed E-state index contributed by atoms with van der Waals surface area (Å²) in [5, 5.41) is 0. The van der Waals surface area contributed by atoms with Crippen LogP contribution in [0.25, 0.3) is 16.9 Å². The first-order valence-electron chi connectivity index (χ1n) is 9.93. The van der Waals surface area contributed by atoms with E-state index in [4.69, 9.17) is 0 Å². The van der Waals surface area contributed by atoms with Crippen LogP contribution in [-0.2, 0) is 0 Å². The first kappa shape index (κ1) is 17.1. The van der Waals surface area contributed by atoms with Gasteiger partial charge in [0.2, 0.25) is 0 Å². The number of hydrogen-bond donors (Lipinski definition) is 0. The SMILES string of the molecule is Cc1ccccc1-n1c(C)c(-c2ccccc2)[n+](C2CCCCC2)c1C. The van der Waals surface area contributed by atoms with E-state index in [-0.39, 0.29) is 0 Å².